The predicted molar refractivity (Wildman–Crippen MR) is 76.1 cm³/mol. The number of aliphatic carboxylic acids is 1. The number of carbonyl (C=O) groups is 1. The number of thiophene rings is 1. The number of likely N-dealkylation sites (tertiary alicyclic amines) is 1. The average Bonchev–Trinajstić information content (AvgIpc) is 2.79. The molecule has 0 aliphatic carbocycles. The summed E-state index contributed by atoms with van der Waals surface area (Å²) in [5.41, 5.74) is 0.978. The van der Waals surface area contributed by atoms with Gasteiger partial charge < -0.3 is 10.2 Å². The average molecular weight is 281 g/mol. The number of piperidine rings is 1. The molecule has 2 unspecified atom stereocenters. The highest BCUT2D eigenvalue weighted by Gasteiger charge is 2.24. The van der Waals surface area contributed by atoms with Crippen molar-refractivity contribution < 1.29 is 15.0 Å². The second-order valence-electron chi connectivity index (χ2n) is 5.04. The summed E-state index contributed by atoms with van der Waals surface area (Å²) in [6.45, 7) is 4.68. The molecule has 1 aromatic heterocycles. The van der Waals surface area contributed by atoms with E-state index < -0.39 is 5.97 Å². The Kier molecular flexibility index (Phi) is 4.74. The van der Waals surface area contributed by atoms with Crippen molar-refractivity contribution in [2.75, 3.05) is 13.1 Å². The maximum Gasteiger partial charge on any atom is 0.328 e. The summed E-state index contributed by atoms with van der Waals surface area (Å²) in [6, 6.07) is 1.95. The van der Waals surface area contributed by atoms with Crippen molar-refractivity contribution >= 4 is 23.4 Å². The van der Waals surface area contributed by atoms with Crippen LogP contribution in [-0.4, -0.2) is 40.3 Å². The summed E-state index contributed by atoms with van der Waals surface area (Å²) in [5.74, 6) is -0.626. The van der Waals surface area contributed by atoms with Crippen LogP contribution < -0.4 is 0 Å². The van der Waals surface area contributed by atoms with Crippen LogP contribution in [0, 0.1) is 5.92 Å². The summed E-state index contributed by atoms with van der Waals surface area (Å²) < 4.78 is 0. The molecule has 2 rings (SSSR count). The number of aliphatic hydroxyl groups is 1. The molecular weight excluding hydrogens is 262 g/mol. The molecule has 2 atom stereocenters. The number of nitrogens with zero attached hydrogens (tertiary/aromatic N) is 1. The molecular formula is C14H19NO3S. The number of hydrogen-bond acceptors (Lipinski definition) is 4. The molecule has 0 spiro atoms. The van der Waals surface area contributed by atoms with Crippen LogP contribution >= 0.6 is 11.3 Å². The SMILES string of the molecule is CC1CN(Cc2sccc2/C=C/C(=O)O)CCC1O. The van der Waals surface area contributed by atoms with Crippen LogP contribution in [0.2, 0.25) is 0 Å². The Bertz CT molecular complexity index is 469. The second-order valence-corrected chi connectivity index (χ2v) is 6.04. The lowest BCUT2D eigenvalue weighted by Gasteiger charge is -2.34. The smallest absolute Gasteiger partial charge is 0.328 e. The molecule has 0 aromatic carbocycles. The van der Waals surface area contributed by atoms with Gasteiger partial charge >= 0.3 is 5.97 Å². The van der Waals surface area contributed by atoms with Gasteiger partial charge in [0.05, 0.1) is 6.10 Å². The van der Waals surface area contributed by atoms with Crippen LogP contribution in [0.1, 0.15) is 23.8 Å². The predicted octanol–water partition coefficient (Wildman–Crippen LogP) is 2.05. The highest BCUT2D eigenvalue weighted by Crippen LogP contribution is 2.24. The first-order valence-corrected chi connectivity index (χ1v) is 7.32. The van der Waals surface area contributed by atoms with E-state index in [9.17, 15) is 9.90 Å². The van der Waals surface area contributed by atoms with Gasteiger partial charge in [0.1, 0.15) is 0 Å². The lowest BCUT2D eigenvalue weighted by atomic mass is 9.97. The van der Waals surface area contributed by atoms with E-state index in [1.807, 2.05) is 11.4 Å². The summed E-state index contributed by atoms with van der Waals surface area (Å²) in [5, 5.41) is 20.4. The maximum atomic E-state index is 10.6. The Balaban J connectivity index is 2.00. The first-order valence-electron chi connectivity index (χ1n) is 6.44. The minimum atomic E-state index is -0.924. The fourth-order valence-corrected chi connectivity index (χ4v) is 3.26. The molecule has 0 amide bonds. The number of hydrogen-bond donors (Lipinski definition) is 2. The molecule has 5 heteroatoms. The van der Waals surface area contributed by atoms with E-state index in [0.29, 0.717) is 5.92 Å². The molecule has 4 nitrogen and oxygen atoms in total. The number of carboxylic acids is 1. The van der Waals surface area contributed by atoms with E-state index in [2.05, 4.69) is 11.8 Å². The van der Waals surface area contributed by atoms with Crippen LogP contribution in [0.4, 0.5) is 0 Å². The summed E-state index contributed by atoms with van der Waals surface area (Å²) in [6.07, 6.45) is 3.45. The van der Waals surface area contributed by atoms with E-state index >= 15 is 0 Å². The highest BCUT2D eigenvalue weighted by atomic mass is 32.1. The van der Waals surface area contributed by atoms with E-state index in [0.717, 1.165) is 31.6 Å². The monoisotopic (exact) mass is 281 g/mol. The van der Waals surface area contributed by atoms with Gasteiger partial charge in [-0.25, -0.2) is 4.79 Å². The van der Waals surface area contributed by atoms with Gasteiger partial charge in [-0.15, -0.1) is 11.3 Å². The Morgan fingerprint density at radius 2 is 2.42 bits per heavy atom. The number of rotatable bonds is 4. The summed E-state index contributed by atoms with van der Waals surface area (Å²) >= 11 is 1.65. The summed E-state index contributed by atoms with van der Waals surface area (Å²) in [7, 11) is 0. The Hall–Kier alpha value is -1.17. The second kappa shape index (κ2) is 6.32. The van der Waals surface area contributed by atoms with Crippen molar-refractivity contribution in [3.63, 3.8) is 0 Å². The van der Waals surface area contributed by atoms with Gasteiger partial charge in [-0.1, -0.05) is 6.92 Å². The molecule has 0 saturated carbocycles. The molecule has 1 fully saturated rings. The first-order chi connectivity index (χ1) is 9.06. The van der Waals surface area contributed by atoms with Crippen LogP contribution in [0.3, 0.4) is 0 Å². The lowest BCUT2D eigenvalue weighted by Crippen LogP contribution is -2.41. The zero-order chi connectivity index (χ0) is 13.8. The fourth-order valence-electron chi connectivity index (χ4n) is 2.35. The number of carboxylic acid groups (broad SMARTS) is 1. The van der Waals surface area contributed by atoms with Crippen molar-refractivity contribution in [3.05, 3.63) is 28.0 Å². The van der Waals surface area contributed by atoms with Crippen LogP contribution in [-0.2, 0) is 11.3 Å². The largest absolute Gasteiger partial charge is 0.478 e. The van der Waals surface area contributed by atoms with Crippen LogP contribution in [0.15, 0.2) is 17.5 Å². The van der Waals surface area contributed by atoms with E-state index in [4.69, 9.17) is 5.11 Å². The Morgan fingerprint density at radius 3 is 3.11 bits per heavy atom. The zero-order valence-corrected chi connectivity index (χ0v) is 11.8. The third-order valence-corrected chi connectivity index (χ3v) is 4.42. The van der Waals surface area contributed by atoms with Crippen molar-refractivity contribution in [1.82, 2.24) is 4.90 Å². The van der Waals surface area contributed by atoms with Crippen LogP contribution in [0.25, 0.3) is 6.08 Å². The lowest BCUT2D eigenvalue weighted by molar-refractivity contribution is -0.131. The molecule has 2 heterocycles. The van der Waals surface area contributed by atoms with E-state index in [1.165, 1.54) is 11.0 Å². The third-order valence-electron chi connectivity index (χ3n) is 3.50. The zero-order valence-electron chi connectivity index (χ0n) is 11.0. The first kappa shape index (κ1) is 14.2. The third kappa shape index (κ3) is 3.89. The van der Waals surface area contributed by atoms with E-state index in [1.54, 1.807) is 17.4 Å². The molecule has 19 heavy (non-hydrogen) atoms. The van der Waals surface area contributed by atoms with Gasteiger partial charge in [0, 0.05) is 30.6 Å². The van der Waals surface area contributed by atoms with Crippen molar-refractivity contribution in [3.8, 4) is 0 Å². The summed E-state index contributed by atoms with van der Waals surface area (Å²) in [4.78, 5) is 14.1. The maximum absolute atomic E-state index is 10.6. The normalized spacial score (nSPS) is 24.9. The fraction of sp³-hybridized carbons (Fsp3) is 0.500. The minimum absolute atomic E-state index is 0.189. The molecule has 104 valence electrons. The van der Waals surface area contributed by atoms with Crippen molar-refractivity contribution in [1.29, 1.82) is 0 Å². The van der Waals surface area contributed by atoms with Gasteiger partial charge in [0.2, 0.25) is 0 Å². The molecule has 1 aliphatic rings. The van der Waals surface area contributed by atoms with Gasteiger partial charge in [-0.3, -0.25) is 4.90 Å². The van der Waals surface area contributed by atoms with Gasteiger partial charge in [-0.05, 0) is 35.4 Å². The topological polar surface area (TPSA) is 60.8 Å². The van der Waals surface area contributed by atoms with Crippen LogP contribution in [0.5, 0.6) is 0 Å². The minimum Gasteiger partial charge on any atom is -0.478 e. The Morgan fingerprint density at radius 1 is 1.63 bits per heavy atom. The standard InChI is InChI=1S/C14H19NO3S/c1-10-8-15(6-4-12(10)16)9-13-11(5-7-19-13)2-3-14(17)18/h2-3,5,7,10,12,16H,4,6,8-9H2,1H3,(H,17,18)/b3-2+. The van der Waals surface area contributed by atoms with E-state index in [-0.39, 0.29) is 6.10 Å². The van der Waals surface area contributed by atoms with Gasteiger partial charge in [0.25, 0.3) is 0 Å². The van der Waals surface area contributed by atoms with Gasteiger partial charge in [-0.2, -0.15) is 0 Å². The molecule has 2 N–H and O–H groups in total. The molecule has 1 aromatic rings. The molecule has 0 bridgehead atoms. The van der Waals surface area contributed by atoms with Crippen molar-refractivity contribution in [2.45, 2.75) is 26.0 Å². The Labute approximate surface area is 117 Å². The van der Waals surface area contributed by atoms with Gasteiger partial charge in [0.15, 0.2) is 0 Å². The quantitative estimate of drug-likeness (QED) is 0.829. The molecule has 1 saturated heterocycles. The highest BCUT2D eigenvalue weighted by molar-refractivity contribution is 7.10. The molecule has 0 radical (unpaired) electrons. The van der Waals surface area contributed by atoms with Crippen molar-refractivity contribution in [2.24, 2.45) is 5.92 Å². The number of aliphatic hydroxyl groups excluding tert-OH is 1. The molecule has 1 aliphatic heterocycles.